The van der Waals surface area contributed by atoms with Gasteiger partial charge in [0.05, 0.1) is 16.7 Å². The molecular weight excluding hydrogens is 492 g/mol. The van der Waals surface area contributed by atoms with E-state index in [0.717, 1.165) is 6.92 Å². The largest absolute Gasteiger partial charge is 0.456 e. The van der Waals surface area contributed by atoms with E-state index in [2.05, 4.69) is 0 Å². The molecule has 9 heteroatoms. The van der Waals surface area contributed by atoms with Crippen molar-refractivity contribution in [2.45, 2.75) is 44.6 Å². The minimum absolute atomic E-state index is 0.231. The van der Waals surface area contributed by atoms with E-state index in [1.807, 2.05) is 0 Å². The number of carbonyl (C=O) groups is 4. The molecular formula is C29H26O9. The third-order valence-corrected chi connectivity index (χ3v) is 5.76. The van der Waals surface area contributed by atoms with Crippen LogP contribution in [-0.4, -0.2) is 54.6 Å². The Kier molecular flexibility index (Phi) is 8.50. The van der Waals surface area contributed by atoms with Crippen LogP contribution in [0.5, 0.6) is 0 Å². The van der Waals surface area contributed by atoms with Crippen LogP contribution in [0.3, 0.4) is 0 Å². The van der Waals surface area contributed by atoms with Gasteiger partial charge in [-0.2, -0.15) is 0 Å². The molecule has 38 heavy (non-hydrogen) atoms. The van der Waals surface area contributed by atoms with Gasteiger partial charge in [-0.1, -0.05) is 54.6 Å². The van der Waals surface area contributed by atoms with Gasteiger partial charge in [-0.05, 0) is 43.3 Å². The molecule has 3 aromatic carbocycles. The van der Waals surface area contributed by atoms with E-state index in [1.165, 1.54) is 0 Å². The third-order valence-electron chi connectivity index (χ3n) is 5.76. The van der Waals surface area contributed by atoms with Crippen LogP contribution in [0.25, 0.3) is 0 Å². The van der Waals surface area contributed by atoms with Crippen LogP contribution in [-0.2, 0) is 28.5 Å². The van der Waals surface area contributed by atoms with Crippen molar-refractivity contribution in [3.63, 3.8) is 0 Å². The summed E-state index contributed by atoms with van der Waals surface area (Å²) in [6.07, 6.45) is -6.17. The molecule has 0 unspecified atom stereocenters. The molecule has 0 N–H and O–H groups in total. The van der Waals surface area contributed by atoms with Gasteiger partial charge in [0.2, 0.25) is 12.4 Å². The second-order valence-electron chi connectivity index (χ2n) is 8.53. The first kappa shape index (κ1) is 26.6. The van der Waals surface area contributed by atoms with Gasteiger partial charge in [-0.15, -0.1) is 0 Å². The van der Waals surface area contributed by atoms with Gasteiger partial charge < -0.3 is 23.7 Å². The summed E-state index contributed by atoms with van der Waals surface area (Å²) in [5.74, 6) is -2.82. The van der Waals surface area contributed by atoms with Crippen LogP contribution in [0.2, 0.25) is 0 Å². The van der Waals surface area contributed by atoms with Crippen molar-refractivity contribution in [1.82, 2.24) is 0 Å². The fourth-order valence-corrected chi connectivity index (χ4v) is 3.95. The number of rotatable bonds is 8. The molecule has 0 bridgehead atoms. The average Bonchev–Trinajstić information content (AvgIpc) is 3.25. The van der Waals surface area contributed by atoms with Crippen molar-refractivity contribution in [1.29, 1.82) is 0 Å². The molecule has 0 aromatic heterocycles. The Morgan fingerprint density at radius 2 is 1.05 bits per heavy atom. The fraction of sp³-hybridized carbons (Fsp3) is 0.241. The van der Waals surface area contributed by atoms with E-state index >= 15 is 0 Å². The van der Waals surface area contributed by atoms with Crippen molar-refractivity contribution in [2.24, 2.45) is 0 Å². The van der Waals surface area contributed by atoms with E-state index in [-0.39, 0.29) is 11.1 Å². The number of benzene rings is 3. The third kappa shape index (κ3) is 6.43. The highest BCUT2D eigenvalue weighted by Crippen LogP contribution is 2.32. The minimum atomic E-state index is -1.42. The van der Waals surface area contributed by atoms with Crippen molar-refractivity contribution in [3.8, 4) is 0 Å². The van der Waals surface area contributed by atoms with Crippen LogP contribution in [0, 0.1) is 0 Å². The maximum absolute atomic E-state index is 13.0. The second kappa shape index (κ2) is 12.2. The van der Waals surface area contributed by atoms with E-state index < -0.39 is 54.6 Å². The normalized spacial score (nSPS) is 21.1. The van der Waals surface area contributed by atoms with Gasteiger partial charge in [0.1, 0.15) is 12.2 Å². The molecule has 5 atom stereocenters. The standard InChI is InChI=1S/C29H26O9/c1-18(34-26(31)20-12-6-3-7-13-20)23-24(36-27(32)21-14-8-4-9-15-21)25(29(38-23)35-19(2)30)37-28(33)22-16-10-5-11-17-22/h3-18,23-25,29H,1-2H3/t18-,23-,24-,25-,29-/m1/s1. The van der Waals surface area contributed by atoms with Gasteiger partial charge in [0.15, 0.2) is 6.10 Å². The molecule has 9 nitrogen and oxygen atoms in total. The first-order valence-corrected chi connectivity index (χ1v) is 11.9. The summed E-state index contributed by atoms with van der Waals surface area (Å²) in [7, 11) is 0. The summed E-state index contributed by atoms with van der Waals surface area (Å²) in [4.78, 5) is 50.5. The fourth-order valence-electron chi connectivity index (χ4n) is 3.95. The highest BCUT2D eigenvalue weighted by molar-refractivity contribution is 5.91. The highest BCUT2D eigenvalue weighted by atomic mass is 16.8. The Bertz CT molecular complexity index is 1260. The highest BCUT2D eigenvalue weighted by Gasteiger charge is 2.54. The molecule has 1 saturated heterocycles. The molecule has 0 radical (unpaired) electrons. The topological polar surface area (TPSA) is 114 Å². The SMILES string of the molecule is CC(=O)O[C@@H]1O[C@H]([C@@H](C)OC(=O)c2ccccc2)[C@@H](OC(=O)c2ccccc2)[C@H]1OC(=O)c1ccccc1. The Labute approximate surface area is 219 Å². The average molecular weight is 519 g/mol. The van der Waals surface area contributed by atoms with Gasteiger partial charge in [-0.25, -0.2) is 14.4 Å². The van der Waals surface area contributed by atoms with E-state index in [0.29, 0.717) is 5.56 Å². The van der Waals surface area contributed by atoms with Crippen LogP contribution < -0.4 is 0 Å². The number of hydrogen-bond acceptors (Lipinski definition) is 9. The van der Waals surface area contributed by atoms with Gasteiger partial charge in [0, 0.05) is 6.92 Å². The first-order chi connectivity index (χ1) is 18.3. The molecule has 1 heterocycles. The summed E-state index contributed by atoms with van der Waals surface area (Å²) in [5.41, 5.74) is 0.775. The lowest BCUT2D eigenvalue weighted by Crippen LogP contribution is -2.45. The van der Waals surface area contributed by atoms with Crippen molar-refractivity contribution in [2.75, 3.05) is 0 Å². The molecule has 0 amide bonds. The summed E-state index contributed by atoms with van der Waals surface area (Å²) >= 11 is 0. The summed E-state index contributed by atoms with van der Waals surface area (Å²) in [5, 5.41) is 0. The van der Waals surface area contributed by atoms with Crippen molar-refractivity contribution < 1.29 is 42.9 Å². The lowest BCUT2D eigenvalue weighted by atomic mass is 10.1. The maximum atomic E-state index is 13.0. The summed E-state index contributed by atoms with van der Waals surface area (Å²) < 4.78 is 28.2. The van der Waals surface area contributed by atoms with E-state index in [9.17, 15) is 19.2 Å². The van der Waals surface area contributed by atoms with Gasteiger partial charge in [-0.3, -0.25) is 4.79 Å². The zero-order chi connectivity index (χ0) is 27.1. The lowest BCUT2D eigenvalue weighted by Gasteiger charge is -2.26. The number of carbonyl (C=O) groups excluding carboxylic acids is 4. The van der Waals surface area contributed by atoms with Gasteiger partial charge in [0.25, 0.3) is 0 Å². The van der Waals surface area contributed by atoms with Gasteiger partial charge >= 0.3 is 23.9 Å². The zero-order valence-corrected chi connectivity index (χ0v) is 20.7. The predicted molar refractivity (Wildman–Crippen MR) is 133 cm³/mol. The molecule has 0 spiro atoms. The van der Waals surface area contributed by atoms with Crippen LogP contribution >= 0.6 is 0 Å². The second-order valence-corrected chi connectivity index (χ2v) is 8.53. The predicted octanol–water partition coefficient (Wildman–Crippen LogP) is 3.97. The molecule has 0 aliphatic carbocycles. The Morgan fingerprint density at radius 3 is 1.50 bits per heavy atom. The molecule has 1 fully saturated rings. The summed E-state index contributed by atoms with van der Waals surface area (Å²) in [6.45, 7) is 2.71. The number of ether oxygens (including phenoxy) is 5. The van der Waals surface area contributed by atoms with Crippen LogP contribution in [0.1, 0.15) is 44.9 Å². The van der Waals surface area contributed by atoms with Crippen LogP contribution in [0.4, 0.5) is 0 Å². The Morgan fingerprint density at radius 1 is 0.632 bits per heavy atom. The Hall–Kier alpha value is -4.50. The minimum Gasteiger partial charge on any atom is -0.456 e. The summed E-state index contributed by atoms with van der Waals surface area (Å²) in [6, 6.07) is 24.6. The monoisotopic (exact) mass is 518 g/mol. The quantitative estimate of drug-likeness (QED) is 0.323. The molecule has 196 valence electrons. The molecule has 3 aromatic rings. The zero-order valence-electron chi connectivity index (χ0n) is 20.7. The number of esters is 4. The smallest absolute Gasteiger partial charge is 0.338 e. The first-order valence-electron chi connectivity index (χ1n) is 11.9. The molecule has 4 rings (SSSR count). The molecule has 1 aliphatic heterocycles. The molecule has 1 aliphatic rings. The van der Waals surface area contributed by atoms with Crippen molar-refractivity contribution in [3.05, 3.63) is 108 Å². The lowest BCUT2D eigenvalue weighted by molar-refractivity contribution is -0.191. The van der Waals surface area contributed by atoms with E-state index in [1.54, 1.807) is 97.9 Å². The van der Waals surface area contributed by atoms with E-state index in [4.69, 9.17) is 23.7 Å². The number of hydrogen-bond donors (Lipinski definition) is 0. The maximum Gasteiger partial charge on any atom is 0.338 e. The molecule has 0 saturated carbocycles. The Balaban J connectivity index is 1.63. The van der Waals surface area contributed by atoms with Crippen LogP contribution in [0.15, 0.2) is 91.0 Å². The van der Waals surface area contributed by atoms with Crippen molar-refractivity contribution >= 4 is 23.9 Å².